The summed E-state index contributed by atoms with van der Waals surface area (Å²) >= 11 is 8.19. The van der Waals surface area contributed by atoms with Gasteiger partial charge in [0.2, 0.25) is 0 Å². The summed E-state index contributed by atoms with van der Waals surface area (Å²) in [4.78, 5) is 11.6. The van der Waals surface area contributed by atoms with Crippen LogP contribution in [0.25, 0.3) is 0 Å². The van der Waals surface area contributed by atoms with Crippen LogP contribution in [0.3, 0.4) is 0 Å². The smallest absolute Gasteiger partial charge is 0.164 e. The molecule has 0 bridgehead atoms. The molecule has 6 heteroatoms. The number of nitrogens with one attached hydrogen (secondary N) is 1. The van der Waals surface area contributed by atoms with Gasteiger partial charge in [0.05, 0.1) is 16.9 Å². The van der Waals surface area contributed by atoms with Crippen molar-refractivity contribution in [2.75, 3.05) is 5.32 Å². The number of aryl methyl sites for hydroxylation is 1. The first-order valence-corrected chi connectivity index (χ1v) is 7.54. The van der Waals surface area contributed by atoms with E-state index in [1.165, 1.54) is 11.5 Å². The van der Waals surface area contributed by atoms with E-state index < -0.39 is 0 Å². The highest BCUT2D eigenvalue weighted by Crippen LogP contribution is 2.33. The van der Waals surface area contributed by atoms with Crippen LogP contribution in [0.2, 0.25) is 0 Å². The molecule has 1 aromatic heterocycles. The van der Waals surface area contributed by atoms with E-state index in [4.69, 9.17) is 0 Å². The molecule has 0 aliphatic rings. The van der Waals surface area contributed by atoms with Crippen LogP contribution in [0.1, 0.15) is 23.0 Å². The van der Waals surface area contributed by atoms with Crippen LogP contribution in [0.15, 0.2) is 27.1 Å². The summed E-state index contributed by atoms with van der Waals surface area (Å²) in [5.41, 5.74) is 2.32. The molecule has 0 saturated carbocycles. The lowest BCUT2D eigenvalue weighted by Crippen LogP contribution is -1.99. The van der Waals surface area contributed by atoms with Crippen LogP contribution in [0.5, 0.6) is 0 Å². The van der Waals surface area contributed by atoms with Crippen molar-refractivity contribution in [2.24, 2.45) is 0 Å². The maximum absolute atomic E-state index is 11.6. The minimum absolute atomic E-state index is 0.0230. The molecule has 2 rings (SSSR count). The number of ketones is 1. The van der Waals surface area contributed by atoms with Crippen molar-refractivity contribution < 1.29 is 4.79 Å². The van der Waals surface area contributed by atoms with Gasteiger partial charge in [-0.3, -0.25) is 4.79 Å². The standard InChI is InChI=1S/C12H10Br2N2OS/c1-6-11(7(2)17)12(18-16-6)15-10-5-8(13)3-4-9(10)14/h3-5,15H,1-2H3. The Morgan fingerprint density at radius 3 is 2.78 bits per heavy atom. The van der Waals surface area contributed by atoms with E-state index >= 15 is 0 Å². The molecule has 3 nitrogen and oxygen atoms in total. The summed E-state index contributed by atoms with van der Waals surface area (Å²) in [6.45, 7) is 3.40. The molecule has 1 aromatic carbocycles. The Hall–Kier alpha value is -0.720. The summed E-state index contributed by atoms with van der Waals surface area (Å²) in [7, 11) is 0. The number of carbonyl (C=O) groups is 1. The normalized spacial score (nSPS) is 10.4. The van der Waals surface area contributed by atoms with Gasteiger partial charge in [0, 0.05) is 8.95 Å². The highest BCUT2D eigenvalue weighted by molar-refractivity contribution is 9.11. The number of anilines is 2. The summed E-state index contributed by atoms with van der Waals surface area (Å²) in [6, 6.07) is 5.83. The fourth-order valence-corrected chi connectivity index (χ4v) is 3.15. The third-order valence-corrected chi connectivity index (χ3v) is 4.43. The van der Waals surface area contributed by atoms with Gasteiger partial charge in [0.1, 0.15) is 5.00 Å². The Balaban J connectivity index is 2.40. The zero-order valence-electron chi connectivity index (χ0n) is 9.75. The first kappa shape index (κ1) is 13.7. The maximum Gasteiger partial charge on any atom is 0.164 e. The average Bonchev–Trinajstić information content (AvgIpc) is 2.65. The fourth-order valence-electron chi connectivity index (χ4n) is 1.59. The van der Waals surface area contributed by atoms with Crippen LogP contribution in [-0.2, 0) is 0 Å². The van der Waals surface area contributed by atoms with E-state index in [9.17, 15) is 4.79 Å². The van der Waals surface area contributed by atoms with Crippen molar-refractivity contribution in [2.45, 2.75) is 13.8 Å². The summed E-state index contributed by atoms with van der Waals surface area (Å²) in [6.07, 6.45) is 0. The van der Waals surface area contributed by atoms with E-state index in [0.717, 1.165) is 25.3 Å². The van der Waals surface area contributed by atoms with Crippen LogP contribution in [-0.4, -0.2) is 10.2 Å². The molecule has 0 amide bonds. The van der Waals surface area contributed by atoms with Crippen molar-refractivity contribution in [3.63, 3.8) is 0 Å². The first-order chi connectivity index (χ1) is 8.49. The van der Waals surface area contributed by atoms with Crippen LogP contribution in [0.4, 0.5) is 10.7 Å². The Morgan fingerprint density at radius 2 is 2.11 bits per heavy atom. The van der Waals surface area contributed by atoms with Gasteiger partial charge >= 0.3 is 0 Å². The van der Waals surface area contributed by atoms with E-state index in [-0.39, 0.29) is 5.78 Å². The minimum Gasteiger partial charge on any atom is -0.344 e. The second-order valence-electron chi connectivity index (χ2n) is 3.78. The Bertz CT molecular complexity index is 610. The van der Waals surface area contributed by atoms with E-state index in [1.54, 1.807) is 6.92 Å². The summed E-state index contributed by atoms with van der Waals surface area (Å²) < 4.78 is 6.12. The number of hydrogen-bond acceptors (Lipinski definition) is 4. The number of rotatable bonds is 3. The van der Waals surface area contributed by atoms with Crippen molar-refractivity contribution >= 4 is 59.9 Å². The average molecular weight is 390 g/mol. The lowest BCUT2D eigenvalue weighted by atomic mass is 10.2. The molecule has 0 unspecified atom stereocenters. The van der Waals surface area contributed by atoms with Gasteiger partial charge in [-0.05, 0) is 59.5 Å². The number of halogens is 2. The van der Waals surface area contributed by atoms with Crippen molar-refractivity contribution in [3.05, 3.63) is 38.4 Å². The molecule has 0 aliphatic heterocycles. The highest BCUT2D eigenvalue weighted by atomic mass is 79.9. The molecule has 18 heavy (non-hydrogen) atoms. The number of carbonyl (C=O) groups excluding carboxylic acids is 1. The van der Waals surface area contributed by atoms with Gasteiger partial charge in [-0.2, -0.15) is 4.37 Å². The lowest BCUT2D eigenvalue weighted by molar-refractivity contribution is 0.101. The van der Waals surface area contributed by atoms with Gasteiger partial charge in [0.15, 0.2) is 5.78 Å². The zero-order chi connectivity index (χ0) is 13.3. The van der Waals surface area contributed by atoms with Gasteiger partial charge < -0.3 is 5.32 Å². The fraction of sp³-hybridized carbons (Fsp3) is 0.167. The molecule has 0 fully saturated rings. The van der Waals surface area contributed by atoms with Crippen LogP contribution >= 0.6 is 43.4 Å². The van der Waals surface area contributed by atoms with Crippen molar-refractivity contribution in [1.29, 1.82) is 0 Å². The van der Waals surface area contributed by atoms with E-state index in [2.05, 4.69) is 41.6 Å². The second kappa shape index (κ2) is 5.50. The Kier molecular flexibility index (Phi) is 4.19. The number of Topliss-reactive ketones (excluding diaryl/α,β-unsaturated/α-hetero) is 1. The largest absolute Gasteiger partial charge is 0.344 e. The predicted molar refractivity (Wildman–Crippen MR) is 82.0 cm³/mol. The lowest BCUT2D eigenvalue weighted by Gasteiger charge is -2.08. The van der Waals surface area contributed by atoms with Gasteiger partial charge in [-0.25, -0.2) is 0 Å². The van der Waals surface area contributed by atoms with Gasteiger partial charge in [-0.1, -0.05) is 15.9 Å². The molecule has 94 valence electrons. The van der Waals surface area contributed by atoms with Crippen LogP contribution < -0.4 is 5.32 Å². The minimum atomic E-state index is 0.0230. The Labute approximate surface area is 126 Å². The molecule has 0 radical (unpaired) electrons. The number of nitrogens with zero attached hydrogens (tertiary/aromatic N) is 1. The Morgan fingerprint density at radius 1 is 1.39 bits per heavy atom. The van der Waals surface area contributed by atoms with E-state index in [1.807, 2.05) is 25.1 Å². The van der Waals surface area contributed by atoms with Crippen LogP contribution in [0, 0.1) is 6.92 Å². The molecule has 2 aromatic rings. The second-order valence-corrected chi connectivity index (χ2v) is 6.32. The monoisotopic (exact) mass is 388 g/mol. The number of hydrogen-bond donors (Lipinski definition) is 1. The number of aromatic nitrogens is 1. The predicted octanol–water partition coefficient (Wildman–Crippen LogP) is 4.92. The van der Waals surface area contributed by atoms with Gasteiger partial charge in [-0.15, -0.1) is 0 Å². The third-order valence-electron chi connectivity index (χ3n) is 2.39. The highest BCUT2D eigenvalue weighted by Gasteiger charge is 2.15. The first-order valence-electron chi connectivity index (χ1n) is 5.18. The molecule has 1 heterocycles. The molecular weight excluding hydrogens is 380 g/mol. The number of benzene rings is 1. The molecular formula is C12H10Br2N2OS. The topological polar surface area (TPSA) is 42.0 Å². The SMILES string of the molecule is CC(=O)c1c(C)nsc1Nc1cc(Br)ccc1Br. The molecule has 0 aliphatic carbocycles. The molecule has 0 atom stereocenters. The van der Waals surface area contributed by atoms with Crippen molar-refractivity contribution in [1.82, 2.24) is 4.37 Å². The quantitative estimate of drug-likeness (QED) is 0.757. The third kappa shape index (κ3) is 2.81. The molecule has 0 saturated heterocycles. The summed E-state index contributed by atoms with van der Waals surface area (Å²) in [5, 5.41) is 4.02. The molecule has 1 N–H and O–H groups in total. The van der Waals surface area contributed by atoms with Gasteiger partial charge in [0.25, 0.3) is 0 Å². The zero-order valence-corrected chi connectivity index (χ0v) is 13.7. The summed E-state index contributed by atoms with van der Waals surface area (Å²) in [5.74, 6) is 0.0230. The maximum atomic E-state index is 11.6. The van der Waals surface area contributed by atoms with Crippen molar-refractivity contribution in [3.8, 4) is 0 Å². The van der Waals surface area contributed by atoms with E-state index in [0.29, 0.717) is 5.56 Å². The molecule has 0 spiro atoms.